The number of carbonyl (C=O) groups excluding carboxylic acids is 1. The topological polar surface area (TPSA) is 44.4 Å². The molecule has 0 spiro atoms. The van der Waals surface area contributed by atoms with Crippen LogP contribution in [0.5, 0.6) is 0 Å². The second kappa shape index (κ2) is 9.78. The summed E-state index contributed by atoms with van der Waals surface area (Å²) in [5, 5.41) is 5.89. The Morgan fingerprint density at radius 2 is 1.96 bits per heavy atom. The molecule has 4 nitrogen and oxygen atoms in total. The van der Waals surface area contributed by atoms with Crippen molar-refractivity contribution in [1.29, 1.82) is 0 Å². The first-order valence-corrected chi connectivity index (χ1v) is 8.85. The predicted octanol–water partition coefficient (Wildman–Crippen LogP) is 3.53. The summed E-state index contributed by atoms with van der Waals surface area (Å²) in [4.78, 5) is 14.4. The molecule has 146 valence electrons. The van der Waals surface area contributed by atoms with Crippen molar-refractivity contribution >= 4 is 24.0 Å². The minimum atomic E-state index is -0.773. The summed E-state index contributed by atoms with van der Waals surface area (Å²) in [6.45, 7) is 4.53. The van der Waals surface area contributed by atoms with Crippen molar-refractivity contribution in [3.63, 3.8) is 0 Å². The van der Waals surface area contributed by atoms with Crippen LogP contribution in [-0.4, -0.2) is 37.0 Å². The molecule has 0 radical (unpaired) electrons. The van der Waals surface area contributed by atoms with Crippen LogP contribution in [0, 0.1) is 11.6 Å². The van der Waals surface area contributed by atoms with Gasteiger partial charge >= 0.3 is 0 Å². The van der Waals surface area contributed by atoms with Gasteiger partial charge in [0.05, 0.1) is 12.2 Å². The average Bonchev–Trinajstić information content (AvgIpc) is 2.65. The standard InChI is InChI=1S/C20H23F2N3O.ClH/c1-2-14-3-5-15(6-4-14)19-12-23-9-10-25(19)13-20(26)24-18-8-7-16(21)11-17(18)22;/h3-8,11,19,23H,2,9-10,12-13H2,1H3,(H,24,26);1H. The summed E-state index contributed by atoms with van der Waals surface area (Å²) >= 11 is 0. The molecule has 3 rings (SSSR count). The summed E-state index contributed by atoms with van der Waals surface area (Å²) in [6.07, 6.45) is 0.985. The molecule has 2 aromatic rings. The Morgan fingerprint density at radius 3 is 2.63 bits per heavy atom. The number of nitrogens with zero attached hydrogens (tertiary/aromatic N) is 1. The highest BCUT2D eigenvalue weighted by atomic mass is 35.5. The fourth-order valence-corrected chi connectivity index (χ4v) is 3.20. The first kappa shape index (κ1) is 21.3. The van der Waals surface area contributed by atoms with Crippen molar-refractivity contribution in [2.45, 2.75) is 19.4 Å². The third-order valence-corrected chi connectivity index (χ3v) is 4.68. The average molecular weight is 396 g/mol. The van der Waals surface area contributed by atoms with Gasteiger partial charge in [0.25, 0.3) is 0 Å². The van der Waals surface area contributed by atoms with E-state index in [1.165, 1.54) is 11.6 Å². The normalized spacial score (nSPS) is 17.2. The lowest BCUT2D eigenvalue weighted by Gasteiger charge is -2.36. The Kier molecular flexibility index (Phi) is 7.71. The molecular formula is C20H24ClF2N3O. The van der Waals surface area contributed by atoms with Crippen LogP contribution < -0.4 is 10.6 Å². The molecule has 1 unspecified atom stereocenters. The highest BCUT2D eigenvalue weighted by molar-refractivity contribution is 5.92. The number of halogens is 3. The summed E-state index contributed by atoms with van der Waals surface area (Å²) in [7, 11) is 0. The molecule has 1 aliphatic heterocycles. The second-order valence-corrected chi connectivity index (χ2v) is 6.46. The van der Waals surface area contributed by atoms with Gasteiger partial charge < -0.3 is 10.6 Å². The second-order valence-electron chi connectivity index (χ2n) is 6.46. The largest absolute Gasteiger partial charge is 0.322 e. The Bertz CT molecular complexity index is 770. The number of amides is 1. The molecule has 7 heteroatoms. The fraction of sp³-hybridized carbons (Fsp3) is 0.350. The van der Waals surface area contributed by atoms with Crippen molar-refractivity contribution in [2.24, 2.45) is 0 Å². The van der Waals surface area contributed by atoms with Gasteiger partial charge in [-0.2, -0.15) is 0 Å². The van der Waals surface area contributed by atoms with E-state index in [0.717, 1.165) is 43.8 Å². The molecule has 1 saturated heterocycles. The molecule has 2 aromatic carbocycles. The minimum Gasteiger partial charge on any atom is -0.322 e. The van der Waals surface area contributed by atoms with E-state index in [1.54, 1.807) is 0 Å². The third kappa shape index (κ3) is 5.48. The zero-order valence-corrected chi connectivity index (χ0v) is 16.0. The molecule has 0 saturated carbocycles. The number of hydrogen-bond donors (Lipinski definition) is 2. The zero-order chi connectivity index (χ0) is 18.5. The number of piperazine rings is 1. The number of carbonyl (C=O) groups is 1. The smallest absolute Gasteiger partial charge is 0.238 e. The lowest BCUT2D eigenvalue weighted by molar-refractivity contribution is -0.118. The van der Waals surface area contributed by atoms with Gasteiger partial charge in [-0.25, -0.2) is 8.78 Å². The molecule has 1 fully saturated rings. The molecule has 1 atom stereocenters. The van der Waals surface area contributed by atoms with Crippen LogP contribution in [0.2, 0.25) is 0 Å². The van der Waals surface area contributed by atoms with Crippen LogP contribution in [0.15, 0.2) is 42.5 Å². The lowest BCUT2D eigenvalue weighted by Crippen LogP contribution is -2.48. The van der Waals surface area contributed by atoms with Crippen LogP contribution in [0.1, 0.15) is 24.1 Å². The maximum atomic E-state index is 13.7. The van der Waals surface area contributed by atoms with Crippen molar-refractivity contribution in [3.8, 4) is 0 Å². The quantitative estimate of drug-likeness (QED) is 0.814. The lowest BCUT2D eigenvalue weighted by atomic mass is 10.0. The molecule has 1 heterocycles. The number of hydrogen-bond acceptors (Lipinski definition) is 3. The van der Waals surface area contributed by atoms with Gasteiger partial charge in [-0.3, -0.25) is 9.69 Å². The molecule has 0 bridgehead atoms. The molecule has 0 aromatic heterocycles. The Balaban J connectivity index is 0.00000261. The Labute approximate surface area is 164 Å². The number of nitrogens with one attached hydrogen (secondary N) is 2. The SMILES string of the molecule is CCc1ccc(C2CNCCN2CC(=O)Nc2ccc(F)cc2F)cc1.Cl. The minimum absolute atomic E-state index is 0. The molecular weight excluding hydrogens is 372 g/mol. The van der Waals surface area contributed by atoms with Crippen LogP contribution >= 0.6 is 12.4 Å². The van der Waals surface area contributed by atoms with Crippen molar-refractivity contribution in [2.75, 3.05) is 31.5 Å². The molecule has 2 N–H and O–H groups in total. The number of benzene rings is 2. The van der Waals surface area contributed by atoms with E-state index in [2.05, 4.69) is 46.7 Å². The summed E-state index contributed by atoms with van der Waals surface area (Å²) in [5.41, 5.74) is 2.42. The first-order chi connectivity index (χ1) is 12.6. The Hall–Kier alpha value is -2.02. The maximum Gasteiger partial charge on any atom is 0.238 e. The van der Waals surface area contributed by atoms with Gasteiger partial charge in [0.15, 0.2) is 0 Å². The van der Waals surface area contributed by atoms with Crippen molar-refractivity contribution in [3.05, 3.63) is 65.2 Å². The zero-order valence-electron chi connectivity index (χ0n) is 15.2. The van der Waals surface area contributed by atoms with Gasteiger partial charge in [0.2, 0.25) is 5.91 Å². The van der Waals surface area contributed by atoms with E-state index < -0.39 is 11.6 Å². The number of rotatable bonds is 5. The number of aryl methyl sites for hydroxylation is 1. The fourth-order valence-electron chi connectivity index (χ4n) is 3.20. The Morgan fingerprint density at radius 1 is 1.22 bits per heavy atom. The van der Waals surface area contributed by atoms with Crippen molar-refractivity contribution in [1.82, 2.24) is 10.2 Å². The van der Waals surface area contributed by atoms with Crippen LogP contribution in [0.3, 0.4) is 0 Å². The summed E-state index contributed by atoms with van der Waals surface area (Å²) in [6, 6.07) is 11.6. The maximum absolute atomic E-state index is 13.7. The number of anilines is 1. The molecule has 1 aliphatic rings. The highest BCUT2D eigenvalue weighted by Gasteiger charge is 2.25. The molecule has 0 aliphatic carbocycles. The van der Waals surface area contributed by atoms with Crippen molar-refractivity contribution < 1.29 is 13.6 Å². The van der Waals surface area contributed by atoms with Gasteiger partial charge in [0.1, 0.15) is 11.6 Å². The van der Waals surface area contributed by atoms with E-state index in [0.29, 0.717) is 0 Å². The van der Waals surface area contributed by atoms with E-state index >= 15 is 0 Å². The van der Waals surface area contributed by atoms with Crippen LogP contribution in [-0.2, 0) is 11.2 Å². The van der Waals surface area contributed by atoms with Gasteiger partial charge in [-0.15, -0.1) is 12.4 Å². The van der Waals surface area contributed by atoms with Crippen LogP contribution in [0.4, 0.5) is 14.5 Å². The monoisotopic (exact) mass is 395 g/mol. The summed E-state index contributed by atoms with van der Waals surface area (Å²) in [5.74, 6) is -1.75. The van der Waals surface area contributed by atoms with Crippen LogP contribution in [0.25, 0.3) is 0 Å². The predicted molar refractivity (Wildman–Crippen MR) is 105 cm³/mol. The first-order valence-electron chi connectivity index (χ1n) is 8.85. The van der Waals surface area contributed by atoms with Gasteiger partial charge in [-0.05, 0) is 29.7 Å². The van der Waals surface area contributed by atoms with Gasteiger partial charge in [-0.1, -0.05) is 31.2 Å². The van der Waals surface area contributed by atoms with E-state index in [-0.39, 0.29) is 36.6 Å². The summed E-state index contributed by atoms with van der Waals surface area (Å²) < 4.78 is 26.7. The third-order valence-electron chi connectivity index (χ3n) is 4.68. The van der Waals surface area contributed by atoms with E-state index in [4.69, 9.17) is 0 Å². The molecule has 1 amide bonds. The van der Waals surface area contributed by atoms with E-state index in [1.807, 2.05) is 0 Å². The van der Waals surface area contributed by atoms with E-state index in [9.17, 15) is 13.6 Å². The molecule has 27 heavy (non-hydrogen) atoms. The highest BCUT2D eigenvalue weighted by Crippen LogP contribution is 2.23. The van der Waals surface area contributed by atoms with Gasteiger partial charge in [0, 0.05) is 31.7 Å².